The van der Waals surface area contributed by atoms with Crippen molar-refractivity contribution in [1.82, 2.24) is 0 Å². The predicted octanol–water partition coefficient (Wildman–Crippen LogP) is 5.16. The lowest BCUT2D eigenvalue weighted by atomic mass is 10.1. The van der Waals surface area contributed by atoms with Gasteiger partial charge in [-0.15, -0.1) is 0 Å². The molecule has 1 atom stereocenters. The van der Waals surface area contributed by atoms with Crippen LogP contribution in [0, 0.1) is 0 Å². The molecule has 6 nitrogen and oxygen atoms in total. The summed E-state index contributed by atoms with van der Waals surface area (Å²) in [6.45, 7) is 0. The zero-order valence-electron chi connectivity index (χ0n) is 16.9. The highest BCUT2D eigenvalue weighted by Crippen LogP contribution is 2.32. The van der Waals surface area contributed by atoms with Gasteiger partial charge >= 0.3 is 0 Å². The molecule has 0 saturated heterocycles. The zero-order valence-corrected chi connectivity index (χ0v) is 17.7. The number of benzene rings is 3. The van der Waals surface area contributed by atoms with E-state index in [0.29, 0.717) is 33.6 Å². The molecular formula is C23H23ClN2O4. The van der Waals surface area contributed by atoms with E-state index in [9.17, 15) is 4.79 Å². The summed E-state index contributed by atoms with van der Waals surface area (Å²) in [6, 6.07) is 19.3. The Balaban J connectivity index is 1.88. The first kappa shape index (κ1) is 21.3. The summed E-state index contributed by atoms with van der Waals surface area (Å²) < 4.78 is 15.8. The van der Waals surface area contributed by atoms with Gasteiger partial charge < -0.3 is 24.8 Å². The van der Waals surface area contributed by atoms with Crippen molar-refractivity contribution in [2.45, 2.75) is 6.04 Å². The van der Waals surface area contributed by atoms with Crippen molar-refractivity contribution in [2.75, 3.05) is 32.0 Å². The van der Waals surface area contributed by atoms with Gasteiger partial charge in [0, 0.05) is 17.4 Å². The third-order valence-electron chi connectivity index (χ3n) is 4.51. The van der Waals surface area contributed by atoms with E-state index in [4.69, 9.17) is 25.8 Å². The molecular weight excluding hydrogens is 404 g/mol. The normalized spacial score (nSPS) is 11.3. The van der Waals surface area contributed by atoms with Gasteiger partial charge in [0.05, 0.1) is 26.4 Å². The first-order chi connectivity index (χ1) is 14.5. The van der Waals surface area contributed by atoms with E-state index < -0.39 is 6.04 Å². The number of rotatable bonds is 8. The van der Waals surface area contributed by atoms with Crippen LogP contribution in [0.5, 0.6) is 17.2 Å². The number of amides is 1. The topological polar surface area (TPSA) is 68.8 Å². The molecule has 0 saturated carbocycles. The average Bonchev–Trinajstić information content (AvgIpc) is 2.78. The van der Waals surface area contributed by atoms with Gasteiger partial charge in [0.2, 0.25) is 0 Å². The van der Waals surface area contributed by atoms with Crippen LogP contribution in [0.25, 0.3) is 0 Å². The standard InChI is InChI=1S/C23H23ClN2O4/c1-28-19-11-9-16(13-18(19)24)26-23(27)22(15-7-5-4-6-8-15)25-17-10-12-20(29-2)21(14-17)30-3/h4-14,22,25H,1-3H3,(H,26,27). The summed E-state index contributed by atoms with van der Waals surface area (Å²) in [5, 5.41) is 6.60. The Labute approximate surface area is 180 Å². The van der Waals surface area contributed by atoms with E-state index in [1.165, 1.54) is 7.11 Å². The number of hydrogen-bond acceptors (Lipinski definition) is 5. The Morgan fingerprint density at radius 1 is 0.800 bits per heavy atom. The van der Waals surface area contributed by atoms with E-state index in [0.717, 1.165) is 5.56 Å². The van der Waals surface area contributed by atoms with Gasteiger partial charge in [0.15, 0.2) is 11.5 Å². The first-order valence-electron chi connectivity index (χ1n) is 9.23. The first-order valence-corrected chi connectivity index (χ1v) is 9.61. The van der Waals surface area contributed by atoms with E-state index in [1.807, 2.05) is 36.4 Å². The monoisotopic (exact) mass is 426 g/mol. The van der Waals surface area contributed by atoms with E-state index in [2.05, 4.69) is 10.6 Å². The quantitative estimate of drug-likeness (QED) is 0.520. The second kappa shape index (κ2) is 9.89. The summed E-state index contributed by atoms with van der Waals surface area (Å²) in [5.74, 6) is 1.48. The molecule has 0 spiro atoms. The second-order valence-electron chi connectivity index (χ2n) is 6.40. The molecule has 1 amide bonds. The van der Waals surface area contributed by atoms with Crippen LogP contribution in [0.2, 0.25) is 5.02 Å². The van der Waals surface area contributed by atoms with Crippen molar-refractivity contribution < 1.29 is 19.0 Å². The second-order valence-corrected chi connectivity index (χ2v) is 6.80. The molecule has 7 heteroatoms. The minimum Gasteiger partial charge on any atom is -0.495 e. The van der Waals surface area contributed by atoms with Gasteiger partial charge in [0.1, 0.15) is 11.8 Å². The minimum atomic E-state index is -0.648. The lowest BCUT2D eigenvalue weighted by molar-refractivity contribution is -0.117. The van der Waals surface area contributed by atoms with Crippen LogP contribution in [0.4, 0.5) is 11.4 Å². The lowest BCUT2D eigenvalue weighted by Crippen LogP contribution is -2.27. The summed E-state index contributed by atoms with van der Waals surface area (Å²) >= 11 is 6.18. The van der Waals surface area contributed by atoms with Crippen LogP contribution in [-0.2, 0) is 4.79 Å². The molecule has 1 unspecified atom stereocenters. The highest BCUT2D eigenvalue weighted by Gasteiger charge is 2.21. The Hall–Kier alpha value is -3.38. The van der Waals surface area contributed by atoms with Crippen molar-refractivity contribution in [3.8, 4) is 17.2 Å². The fourth-order valence-corrected chi connectivity index (χ4v) is 3.25. The fourth-order valence-electron chi connectivity index (χ4n) is 3.00. The van der Waals surface area contributed by atoms with Crippen LogP contribution in [0.3, 0.4) is 0 Å². The van der Waals surface area contributed by atoms with Crippen molar-refractivity contribution in [1.29, 1.82) is 0 Å². The zero-order chi connectivity index (χ0) is 21.5. The summed E-state index contributed by atoms with van der Waals surface area (Å²) in [4.78, 5) is 13.2. The van der Waals surface area contributed by atoms with Crippen molar-refractivity contribution in [3.05, 3.63) is 77.3 Å². The van der Waals surface area contributed by atoms with Gasteiger partial charge in [-0.1, -0.05) is 41.9 Å². The maximum Gasteiger partial charge on any atom is 0.251 e. The van der Waals surface area contributed by atoms with Gasteiger partial charge in [0.25, 0.3) is 5.91 Å². The van der Waals surface area contributed by atoms with E-state index in [1.54, 1.807) is 44.6 Å². The summed E-state index contributed by atoms with van der Waals surface area (Å²) in [5.41, 5.74) is 2.09. The Morgan fingerprint density at radius 3 is 2.07 bits per heavy atom. The molecule has 0 aliphatic heterocycles. The average molecular weight is 427 g/mol. The van der Waals surface area contributed by atoms with Crippen LogP contribution in [0.15, 0.2) is 66.7 Å². The van der Waals surface area contributed by atoms with E-state index in [-0.39, 0.29) is 5.91 Å². The smallest absolute Gasteiger partial charge is 0.251 e. The van der Waals surface area contributed by atoms with Crippen molar-refractivity contribution in [2.24, 2.45) is 0 Å². The molecule has 0 radical (unpaired) electrons. The number of halogens is 1. The van der Waals surface area contributed by atoms with Gasteiger partial charge in [-0.25, -0.2) is 0 Å². The maximum atomic E-state index is 13.2. The van der Waals surface area contributed by atoms with Crippen LogP contribution < -0.4 is 24.8 Å². The molecule has 30 heavy (non-hydrogen) atoms. The number of anilines is 2. The Morgan fingerprint density at radius 2 is 1.43 bits per heavy atom. The fraction of sp³-hybridized carbons (Fsp3) is 0.174. The molecule has 0 aliphatic carbocycles. The highest BCUT2D eigenvalue weighted by molar-refractivity contribution is 6.32. The number of hydrogen-bond donors (Lipinski definition) is 2. The Kier molecular flexibility index (Phi) is 7.03. The molecule has 3 aromatic rings. The van der Waals surface area contributed by atoms with Crippen LogP contribution in [0.1, 0.15) is 11.6 Å². The molecule has 0 aromatic heterocycles. The number of carbonyl (C=O) groups is 1. The van der Waals surface area contributed by atoms with Crippen LogP contribution in [-0.4, -0.2) is 27.2 Å². The number of carbonyl (C=O) groups excluding carboxylic acids is 1. The van der Waals surface area contributed by atoms with Crippen molar-refractivity contribution in [3.63, 3.8) is 0 Å². The minimum absolute atomic E-state index is 0.239. The molecule has 0 heterocycles. The van der Waals surface area contributed by atoms with Crippen molar-refractivity contribution >= 4 is 28.9 Å². The van der Waals surface area contributed by atoms with E-state index >= 15 is 0 Å². The predicted molar refractivity (Wildman–Crippen MR) is 119 cm³/mol. The highest BCUT2D eigenvalue weighted by atomic mass is 35.5. The van der Waals surface area contributed by atoms with Crippen LogP contribution >= 0.6 is 11.6 Å². The van der Waals surface area contributed by atoms with Gasteiger partial charge in [-0.3, -0.25) is 4.79 Å². The summed E-state index contributed by atoms with van der Waals surface area (Å²) in [6.07, 6.45) is 0. The SMILES string of the molecule is COc1ccc(NC(=O)C(Nc2ccc(OC)c(OC)c2)c2ccccc2)cc1Cl. The third-order valence-corrected chi connectivity index (χ3v) is 4.80. The summed E-state index contributed by atoms with van der Waals surface area (Å²) in [7, 11) is 4.68. The molecule has 0 aliphatic rings. The number of methoxy groups -OCH3 is 3. The number of ether oxygens (including phenoxy) is 3. The molecule has 0 fully saturated rings. The largest absolute Gasteiger partial charge is 0.495 e. The molecule has 3 aromatic carbocycles. The molecule has 3 rings (SSSR count). The lowest BCUT2D eigenvalue weighted by Gasteiger charge is -2.21. The van der Waals surface area contributed by atoms with Gasteiger partial charge in [-0.2, -0.15) is 0 Å². The molecule has 2 N–H and O–H groups in total. The molecule has 156 valence electrons. The van der Waals surface area contributed by atoms with Gasteiger partial charge in [-0.05, 0) is 35.9 Å². The molecule has 0 bridgehead atoms. The Bertz CT molecular complexity index is 1010. The third kappa shape index (κ3) is 4.96. The maximum absolute atomic E-state index is 13.2. The number of nitrogens with one attached hydrogen (secondary N) is 2.